The fraction of sp³-hybridized carbons (Fsp3) is 0.545. The first-order valence-electron chi connectivity index (χ1n) is 5.58. The van der Waals surface area contributed by atoms with Crippen molar-refractivity contribution in [2.24, 2.45) is 0 Å². The highest BCUT2D eigenvalue weighted by Crippen LogP contribution is 2.21. The Labute approximate surface area is 108 Å². The van der Waals surface area contributed by atoms with Crippen molar-refractivity contribution in [1.29, 1.82) is 0 Å². The van der Waals surface area contributed by atoms with Crippen molar-refractivity contribution < 1.29 is 19.4 Å². The van der Waals surface area contributed by atoms with Gasteiger partial charge in [-0.25, -0.2) is 9.78 Å². The number of hydrogen-bond acceptors (Lipinski definition) is 5. The number of aromatic nitrogens is 1. The van der Waals surface area contributed by atoms with Gasteiger partial charge in [0.15, 0.2) is 6.10 Å². The minimum atomic E-state index is -1.01. The summed E-state index contributed by atoms with van der Waals surface area (Å²) in [5.41, 5.74) is 2.53. The highest BCUT2D eigenvalue weighted by molar-refractivity contribution is 7.07. The quantitative estimate of drug-likeness (QED) is 0.872. The van der Waals surface area contributed by atoms with Crippen LogP contribution in [-0.4, -0.2) is 46.1 Å². The molecular formula is C11H14N2O4S. The first-order chi connectivity index (χ1) is 8.58. The number of thiazole rings is 1. The van der Waals surface area contributed by atoms with Gasteiger partial charge in [0.05, 0.1) is 17.7 Å². The molecule has 0 bridgehead atoms. The number of carbonyl (C=O) groups excluding carboxylic acids is 1. The van der Waals surface area contributed by atoms with Crippen LogP contribution in [0.25, 0.3) is 0 Å². The zero-order chi connectivity index (χ0) is 13.1. The van der Waals surface area contributed by atoms with Crippen LogP contribution in [0.5, 0.6) is 0 Å². The van der Waals surface area contributed by atoms with Gasteiger partial charge in [0, 0.05) is 12.4 Å². The molecular weight excluding hydrogens is 256 g/mol. The molecule has 7 heteroatoms. The van der Waals surface area contributed by atoms with Gasteiger partial charge in [0.1, 0.15) is 6.10 Å². The predicted octanol–water partition coefficient (Wildman–Crippen LogP) is 0.734. The lowest BCUT2D eigenvalue weighted by atomic mass is 10.2. The van der Waals surface area contributed by atoms with Crippen molar-refractivity contribution in [3.05, 3.63) is 16.6 Å². The summed E-state index contributed by atoms with van der Waals surface area (Å²) in [7, 11) is 1.67. The number of carboxylic acid groups (broad SMARTS) is 1. The number of nitrogens with zero attached hydrogens (tertiary/aromatic N) is 2. The lowest BCUT2D eigenvalue weighted by molar-refractivity contribution is -0.154. The Morgan fingerprint density at radius 3 is 2.83 bits per heavy atom. The fourth-order valence-corrected chi connectivity index (χ4v) is 2.43. The number of aliphatic carboxylic acids is 1. The molecule has 0 aliphatic carbocycles. The molecule has 2 atom stereocenters. The minimum absolute atomic E-state index is 0.188. The largest absolute Gasteiger partial charge is 0.479 e. The Bertz CT molecular complexity index is 434. The summed E-state index contributed by atoms with van der Waals surface area (Å²) in [5, 5.41) is 10.7. The predicted molar refractivity (Wildman–Crippen MR) is 64.1 cm³/mol. The molecule has 2 heterocycles. The second kappa shape index (κ2) is 5.45. The van der Waals surface area contributed by atoms with E-state index in [0.717, 1.165) is 5.69 Å². The summed E-state index contributed by atoms with van der Waals surface area (Å²) in [6, 6.07) is 0. The number of carbonyl (C=O) groups is 2. The molecule has 0 saturated carbocycles. The molecule has 6 nitrogen and oxygen atoms in total. The number of carboxylic acids is 1. The average molecular weight is 270 g/mol. The van der Waals surface area contributed by atoms with E-state index in [1.54, 1.807) is 12.6 Å². The molecule has 2 rings (SSSR count). The third-order valence-corrected chi connectivity index (χ3v) is 3.46. The summed E-state index contributed by atoms with van der Waals surface area (Å²) in [6.07, 6.45) is -0.658. The Balaban J connectivity index is 1.90. The van der Waals surface area contributed by atoms with Crippen LogP contribution in [0.15, 0.2) is 10.9 Å². The normalized spacial score (nSPS) is 22.9. The van der Waals surface area contributed by atoms with Gasteiger partial charge in [-0.1, -0.05) is 0 Å². The van der Waals surface area contributed by atoms with E-state index in [2.05, 4.69) is 4.98 Å². The van der Waals surface area contributed by atoms with E-state index in [-0.39, 0.29) is 5.91 Å². The van der Waals surface area contributed by atoms with E-state index < -0.39 is 18.2 Å². The number of rotatable bonds is 4. The van der Waals surface area contributed by atoms with Crippen molar-refractivity contribution >= 4 is 23.2 Å². The van der Waals surface area contributed by atoms with Crippen LogP contribution in [0.4, 0.5) is 0 Å². The number of ether oxygens (including phenoxy) is 1. The fourth-order valence-electron chi connectivity index (χ4n) is 1.88. The molecule has 1 N–H and O–H groups in total. The van der Waals surface area contributed by atoms with Gasteiger partial charge in [0.25, 0.3) is 5.91 Å². The topological polar surface area (TPSA) is 79.7 Å². The Morgan fingerprint density at radius 2 is 2.28 bits per heavy atom. The second-order valence-corrected chi connectivity index (χ2v) is 4.92. The van der Waals surface area contributed by atoms with Crippen LogP contribution in [0.3, 0.4) is 0 Å². The van der Waals surface area contributed by atoms with Crippen molar-refractivity contribution in [3.8, 4) is 0 Å². The Hall–Kier alpha value is -1.47. The number of hydrogen-bond donors (Lipinski definition) is 1. The van der Waals surface area contributed by atoms with Gasteiger partial charge in [-0.05, 0) is 12.8 Å². The van der Waals surface area contributed by atoms with Gasteiger partial charge in [0.2, 0.25) is 0 Å². The third kappa shape index (κ3) is 2.85. The highest BCUT2D eigenvalue weighted by Gasteiger charge is 2.36. The summed E-state index contributed by atoms with van der Waals surface area (Å²) < 4.78 is 5.22. The Kier molecular flexibility index (Phi) is 3.93. The van der Waals surface area contributed by atoms with Gasteiger partial charge < -0.3 is 14.7 Å². The first-order valence-corrected chi connectivity index (χ1v) is 6.52. The van der Waals surface area contributed by atoms with Gasteiger partial charge in [-0.3, -0.25) is 4.79 Å². The SMILES string of the molecule is CN(Cc1cscn1)C(=O)C1CCC(C(=O)O)O1. The van der Waals surface area contributed by atoms with Crippen LogP contribution in [0, 0.1) is 0 Å². The second-order valence-electron chi connectivity index (χ2n) is 4.20. The average Bonchev–Trinajstić information content (AvgIpc) is 2.98. The maximum absolute atomic E-state index is 12.0. The maximum atomic E-state index is 12.0. The minimum Gasteiger partial charge on any atom is -0.479 e. The molecule has 1 aliphatic rings. The van der Waals surface area contributed by atoms with E-state index in [9.17, 15) is 9.59 Å². The van der Waals surface area contributed by atoms with Crippen LogP contribution >= 0.6 is 11.3 Å². The first kappa shape index (κ1) is 13.0. The smallest absolute Gasteiger partial charge is 0.332 e. The van der Waals surface area contributed by atoms with E-state index in [4.69, 9.17) is 9.84 Å². The summed E-state index contributed by atoms with van der Waals surface area (Å²) in [4.78, 5) is 28.4. The molecule has 1 aliphatic heterocycles. The third-order valence-electron chi connectivity index (χ3n) is 2.83. The number of amides is 1. The molecule has 98 valence electrons. The molecule has 2 unspecified atom stereocenters. The van der Waals surface area contributed by atoms with Crippen molar-refractivity contribution in [2.75, 3.05) is 7.05 Å². The lowest BCUT2D eigenvalue weighted by Crippen LogP contribution is -2.36. The summed E-state index contributed by atoms with van der Waals surface area (Å²) in [5.74, 6) is -1.20. The molecule has 1 saturated heterocycles. The molecule has 0 radical (unpaired) electrons. The maximum Gasteiger partial charge on any atom is 0.332 e. The van der Waals surface area contributed by atoms with E-state index in [0.29, 0.717) is 19.4 Å². The Morgan fingerprint density at radius 1 is 1.56 bits per heavy atom. The zero-order valence-corrected chi connectivity index (χ0v) is 10.7. The molecule has 1 amide bonds. The van der Waals surface area contributed by atoms with E-state index in [1.165, 1.54) is 16.2 Å². The standard InChI is InChI=1S/C11H14N2O4S/c1-13(4-7-5-18-6-12-7)10(14)8-2-3-9(17-8)11(15)16/h5-6,8-9H,2-4H2,1H3,(H,15,16). The lowest BCUT2D eigenvalue weighted by Gasteiger charge is -2.20. The monoisotopic (exact) mass is 270 g/mol. The van der Waals surface area contributed by atoms with Gasteiger partial charge in [-0.15, -0.1) is 11.3 Å². The number of likely N-dealkylation sites (N-methyl/N-ethyl adjacent to an activating group) is 1. The molecule has 1 aromatic rings. The van der Waals surface area contributed by atoms with Crippen LogP contribution in [0.1, 0.15) is 18.5 Å². The van der Waals surface area contributed by atoms with Gasteiger partial charge >= 0.3 is 5.97 Å². The molecule has 0 spiro atoms. The van der Waals surface area contributed by atoms with Crippen molar-refractivity contribution in [1.82, 2.24) is 9.88 Å². The highest BCUT2D eigenvalue weighted by atomic mass is 32.1. The molecule has 1 aromatic heterocycles. The van der Waals surface area contributed by atoms with Crippen LogP contribution < -0.4 is 0 Å². The van der Waals surface area contributed by atoms with E-state index in [1.807, 2.05) is 5.38 Å². The molecule has 1 fully saturated rings. The van der Waals surface area contributed by atoms with Gasteiger partial charge in [-0.2, -0.15) is 0 Å². The van der Waals surface area contributed by atoms with Crippen LogP contribution in [0.2, 0.25) is 0 Å². The summed E-state index contributed by atoms with van der Waals surface area (Å²) in [6.45, 7) is 0.417. The molecule has 0 aromatic carbocycles. The van der Waals surface area contributed by atoms with Crippen molar-refractivity contribution in [2.45, 2.75) is 31.6 Å². The zero-order valence-electron chi connectivity index (χ0n) is 9.91. The summed E-state index contributed by atoms with van der Waals surface area (Å²) >= 11 is 1.47. The van der Waals surface area contributed by atoms with Crippen molar-refractivity contribution in [3.63, 3.8) is 0 Å². The van der Waals surface area contributed by atoms with Crippen LogP contribution in [-0.2, 0) is 20.9 Å². The molecule has 18 heavy (non-hydrogen) atoms. The van der Waals surface area contributed by atoms with E-state index >= 15 is 0 Å².